The van der Waals surface area contributed by atoms with Crippen LogP contribution in [-0.4, -0.2) is 29.4 Å². The Morgan fingerprint density at radius 2 is 2.00 bits per heavy atom. The van der Waals surface area contributed by atoms with E-state index in [1.807, 2.05) is 31.2 Å². The summed E-state index contributed by atoms with van der Waals surface area (Å²) in [5.74, 6) is -0.0888. The number of hydrazone groups is 1. The lowest BCUT2D eigenvalue weighted by atomic mass is 10.2. The molecule has 1 N–H and O–H groups in total. The second kappa shape index (κ2) is 9.00. The van der Waals surface area contributed by atoms with Crippen molar-refractivity contribution in [2.75, 3.05) is 7.11 Å². The van der Waals surface area contributed by atoms with Crippen LogP contribution >= 0.6 is 11.8 Å². The molecule has 0 saturated carbocycles. The third kappa shape index (κ3) is 5.32. The van der Waals surface area contributed by atoms with E-state index in [-0.39, 0.29) is 22.6 Å². The highest BCUT2D eigenvalue weighted by atomic mass is 32.2. The first-order valence-electron chi connectivity index (χ1n) is 7.79. The Bertz CT molecular complexity index is 822. The Morgan fingerprint density at radius 3 is 2.62 bits per heavy atom. The fraction of sp³-hybridized carbons (Fsp3) is 0.222. The van der Waals surface area contributed by atoms with Gasteiger partial charge in [0.2, 0.25) is 0 Å². The Balaban J connectivity index is 1.96. The number of carbonyl (C=O) groups excluding carboxylic acids is 1. The second-order valence-corrected chi connectivity index (χ2v) is 6.91. The number of carbonyl (C=O) groups is 1. The lowest BCUT2D eigenvalue weighted by Crippen LogP contribution is -2.26. The molecule has 0 spiro atoms. The van der Waals surface area contributed by atoms with Crippen molar-refractivity contribution in [1.82, 2.24) is 5.43 Å². The minimum atomic E-state index is -0.533. The van der Waals surface area contributed by atoms with Gasteiger partial charge in [0.05, 0.1) is 23.5 Å². The third-order valence-electron chi connectivity index (χ3n) is 3.49. The fourth-order valence-corrected chi connectivity index (χ4v) is 2.93. The minimum Gasteiger partial charge on any atom is -0.490 e. The van der Waals surface area contributed by atoms with Gasteiger partial charge in [0.25, 0.3) is 5.91 Å². The highest BCUT2D eigenvalue weighted by molar-refractivity contribution is 8.00. The summed E-state index contributed by atoms with van der Waals surface area (Å²) >= 11 is 1.43. The van der Waals surface area contributed by atoms with E-state index in [1.165, 1.54) is 37.2 Å². The standard InChI is InChI=1S/C18H19N3O4S/c1-12-4-7-15(8-5-12)26-13(2)18(22)20-19-11-14-6-9-17(25-3)16(10-14)21(23)24/h4-11,13H,1-3H3,(H,20,22)/b19-11-/t13-/m1/s1. The summed E-state index contributed by atoms with van der Waals surface area (Å²) in [6, 6.07) is 12.3. The summed E-state index contributed by atoms with van der Waals surface area (Å²) in [6.45, 7) is 3.79. The van der Waals surface area contributed by atoms with Crippen molar-refractivity contribution >= 4 is 29.6 Å². The van der Waals surface area contributed by atoms with Crippen molar-refractivity contribution < 1.29 is 14.5 Å². The van der Waals surface area contributed by atoms with Crippen molar-refractivity contribution in [2.45, 2.75) is 24.0 Å². The first kappa shape index (κ1) is 19.5. The molecule has 2 aromatic carbocycles. The summed E-state index contributed by atoms with van der Waals surface area (Å²) in [5.41, 5.74) is 3.93. The predicted molar refractivity (Wildman–Crippen MR) is 102 cm³/mol. The fourth-order valence-electron chi connectivity index (χ4n) is 2.07. The van der Waals surface area contributed by atoms with Gasteiger partial charge in [0.15, 0.2) is 5.75 Å². The van der Waals surface area contributed by atoms with E-state index in [1.54, 1.807) is 13.0 Å². The molecule has 2 aromatic rings. The molecule has 0 fully saturated rings. The van der Waals surface area contributed by atoms with Gasteiger partial charge in [0.1, 0.15) is 0 Å². The molecule has 0 radical (unpaired) electrons. The van der Waals surface area contributed by atoms with Crippen LogP contribution in [0.2, 0.25) is 0 Å². The molecule has 0 aliphatic rings. The summed E-state index contributed by atoms with van der Waals surface area (Å²) in [7, 11) is 1.36. The maximum absolute atomic E-state index is 12.1. The number of hydrogen-bond donors (Lipinski definition) is 1. The van der Waals surface area contributed by atoms with Gasteiger partial charge < -0.3 is 4.74 Å². The van der Waals surface area contributed by atoms with Crippen LogP contribution in [0.15, 0.2) is 52.5 Å². The van der Waals surface area contributed by atoms with Crippen LogP contribution in [0.25, 0.3) is 0 Å². The highest BCUT2D eigenvalue weighted by Crippen LogP contribution is 2.27. The van der Waals surface area contributed by atoms with Crippen LogP contribution in [-0.2, 0) is 4.79 Å². The lowest BCUT2D eigenvalue weighted by Gasteiger charge is -2.09. The minimum absolute atomic E-state index is 0.161. The predicted octanol–water partition coefficient (Wildman–Crippen LogP) is 3.54. The molecule has 0 aliphatic heterocycles. The number of aryl methyl sites for hydroxylation is 1. The summed E-state index contributed by atoms with van der Waals surface area (Å²) in [5, 5.41) is 14.5. The maximum atomic E-state index is 12.1. The Morgan fingerprint density at radius 1 is 1.31 bits per heavy atom. The van der Waals surface area contributed by atoms with Crippen molar-refractivity contribution in [3.8, 4) is 5.75 Å². The number of methoxy groups -OCH3 is 1. The second-order valence-electron chi connectivity index (χ2n) is 5.50. The molecule has 0 heterocycles. The van der Waals surface area contributed by atoms with Crippen molar-refractivity contribution in [1.29, 1.82) is 0 Å². The number of nitrogens with one attached hydrogen (secondary N) is 1. The number of rotatable bonds is 7. The number of thioether (sulfide) groups is 1. The molecule has 7 nitrogen and oxygen atoms in total. The summed E-state index contributed by atoms with van der Waals surface area (Å²) in [4.78, 5) is 23.6. The van der Waals surface area contributed by atoms with Crippen molar-refractivity contribution in [2.24, 2.45) is 5.10 Å². The number of benzene rings is 2. The van der Waals surface area contributed by atoms with Crippen LogP contribution in [0.5, 0.6) is 5.75 Å². The van der Waals surface area contributed by atoms with E-state index in [0.717, 1.165) is 10.5 Å². The maximum Gasteiger partial charge on any atom is 0.311 e. The molecule has 0 saturated heterocycles. The van der Waals surface area contributed by atoms with Gasteiger partial charge in [-0.2, -0.15) is 5.10 Å². The lowest BCUT2D eigenvalue weighted by molar-refractivity contribution is -0.385. The van der Waals surface area contributed by atoms with Crippen LogP contribution < -0.4 is 10.2 Å². The molecule has 0 unspecified atom stereocenters. The van der Waals surface area contributed by atoms with Crippen LogP contribution in [0.3, 0.4) is 0 Å². The average molecular weight is 373 g/mol. The first-order valence-corrected chi connectivity index (χ1v) is 8.67. The van der Waals surface area contributed by atoms with Gasteiger partial charge >= 0.3 is 5.69 Å². The number of nitrogens with zero attached hydrogens (tertiary/aromatic N) is 2. The third-order valence-corrected chi connectivity index (χ3v) is 4.60. The molecule has 136 valence electrons. The molecule has 0 bridgehead atoms. The highest BCUT2D eigenvalue weighted by Gasteiger charge is 2.15. The zero-order chi connectivity index (χ0) is 19.1. The van der Waals surface area contributed by atoms with E-state index < -0.39 is 4.92 Å². The largest absolute Gasteiger partial charge is 0.490 e. The van der Waals surface area contributed by atoms with Gasteiger partial charge in [-0.05, 0) is 38.1 Å². The number of ether oxygens (including phenoxy) is 1. The van der Waals surface area contributed by atoms with E-state index in [4.69, 9.17) is 4.74 Å². The molecule has 1 atom stereocenters. The number of nitro groups is 1. The Kier molecular flexibility index (Phi) is 6.74. The molecule has 0 aliphatic carbocycles. The van der Waals surface area contributed by atoms with E-state index in [0.29, 0.717) is 5.56 Å². The van der Waals surface area contributed by atoms with E-state index >= 15 is 0 Å². The van der Waals surface area contributed by atoms with Gasteiger partial charge in [-0.3, -0.25) is 14.9 Å². The Hall–Kier alpha value is -2.87. The number of amides is 1. The van der Waals surface area contributed by atoms with Gasteiger partial charge in [0, 0.05) is 16.5 Å². The normalized spacial score (nSPS) is 12.0. The van der Waals surface area contributed by atoms with Gasteiger partial charge in [-0.25, -0.2) is 5.43 Å². The smallest absolute Gasteiger partial charge is 0.311 e. The molecule has 0 aromatic heterocycles. The van der Waals surface area contributed by atoms with Crippen molar-refractivity contribution in [3.05, 3.63) is 63.7 Å². The molecular formula is C18H19N3O4S. The van der Waals surface area contributed by atoms with Crippen LogP contribution in [0, 0.1) is 17.0 Å². The number of hydrogen-bond acceptors (Lipinski definition) is 6. The summed E-state index contributed by atoms with van der Waals surface area (Å²) < 4.78 is 4.94. The van der Waals surface area contributed by atoms with Crippen LogP contribution in [0.4, 0.5) is 5.69 Å². The Labute approximate surface area is 155 Å². The van der Waals surface area contributed by atoms with Crippen molar-refractivity contribution in [3.63, 3.8) is 0 Å². The molecule has 1 amide bonds. The van der Waals surface area contributed by atoms with Gasteiger partial charge in [-0.15, -0.1) is 11.8 Å². The SMILES string of the molecule is COc1ccc(/C=N\NC(=O)[C@@H](C)Sc2ccc(C)cc2)cc1[N+](=O)[O-]. The average Bonchev–Trinajstić information content (AvgIpc) is 2.63. The molecule has 8 heteroatoms. The van der Waals surface area contributed by atoms with E-state index in [2.05, 4.69) is 10.5 Å². The first-order chi connectivity index (χ1) is 12.4. The molecule has 26 heavy (non-hydrogen) atoms. The van der Waals surface area contributed by atoms with Gasteiger partial charge in [-0.1, -0.05) is 17.7 Å². The zero-order valence-electron chi connectivity index (χ0n) is 14.6. The molecular weight excluding hydrogens is 354 g/mol. The van der Waals surface area contributed by atoms with E-state index in [9.17, 15) is 14.9 Å². The monoisotopic (exact) mass is 373 g/mol. The topological polar surface area (TPSA) is 93.8 Å². The quantitative estimate of drug-likeness (QED) is 0.347. The molecule has 2 rings (SSSR count). The number of nitro benzene ring substituents is 1. The summed E-state index contributed by atoms with van der Waals surface area (Å²) in [6.07, 6.45) is 1.35. The zero-order valence-corrected chi connectivity index (χ0v) is 15.4. The van der Waals surface area contributed by atoms with Crippen LogP contribution in [0.1, 0.15) is 18.1 Å².